The fraction of sp³-hybridized carbons (Fsp3) is 0.900. The topological polar surface area (TPSA) is 47.6 Å². The van der Waals surface area contributed by atoms with Crippen molar-refractivity contribution in [2.24, 2.45) is 0 Å². The molecule has 0 aromatic rings. The van der Waals surface area contributed by atoms with Crippen molar-refractivity contribution in [1.82, 2.24) is 20.4 Å². The van der Waals surface area contributed by atoms with Crippen molar-refractivity contribution in [3.05, 3.63) is 0 Å². The molecule has 0 spiro atoms. The van der Waals surface area contributed by atoms with Crippen molar-refractivity contribution >= 4 is 6.03 Å². The number of nitrogens with one attached hydrogen (secondary N) is 2. The minimum absolute atomic E-state index is 0.0633. The second-order valence-electron chi connectivity index (χ2n) is 3.93. The van der Waals surface area contributed by atoms with Gasteiger partial charge in [-0.05, 0) is 14.0 Å². The van der Waals surface area contributed by atoms with E-state index in [-0.39, 0.29) is 6.03 Å². The Kier molecular flexibility index (Phi) is 5.42. The number of nitrogens with zero attached hydrogens (tertiary/aromatic N) is 2. The lowest BCUT2D eigenvalue weighted by Gasteiger charge is -2.32. The zero-order chi connectivity index (χ0) is 11.1. The van der Waals surface area contributed by atoms with Crippen LogP contribution in [0.3, 0.4) is 0 Å². The smallest absolute Gasteiger partial charge is 0.314 e. The van der Waals surface area contributed by atoms with E-state index in [1.54, 1.807) is 0 Å². The Hall–Kier alpha value is -0.810. The number of hydrogen-bond donors (Lipinski definition) is 2. The van der Waals surface area contributed by atoms with Crippen LogP contribution in [-0.4, -0.2) is 68.7 Å². The highest BCUT2D eigenvalue weighted by atomic mass is 16.2. The molecule has 0 atom stereocenters. The van der Waals surface area contributed by atoms with Crippen LogP contribution in [0.4, 0.5) is 4.79 Å². The van der Waals surface area contributed by atoms with E-state index in [9.17, 15) is 4.79 Å². The molecular weight excluding hydrogens is 192 g/mol. The Morgan fingerprint density at radius 3 is 2.47 bits per heavy atom. The van der Waals surface area contributed by atoms with Crippen molar-refractivity contribution in [3.8, 4) is 0 Å². The maximum atomic E-state index is 11.1. The van der Waals surface area contributed by atoms with E-state index in [1.807, 2.05) is 6.92 Å². The van der Waals surface area contributed by atoms with Crippen molar-refractivity contribution < 1.29 is 4.79 Å². The number of carbonyl (C=O) groups excluding carboxylic acids is 1. The van der Waals surface area contributed by atoms with Crippen molar-refractivity contribution in [2.45, 2.75) is 6.92 Å². The lowest BCUT2D eigenvalue weighted by molar-refractivity contribution is 0.155. The van der Waals surface area contributed by atoms with Gasteiger partial charge in [-0.3, -0.25) is 4.90 Å². The molecular formula is C10H22N4O. The summed E-state index contributed by atoms with van der Waals surface area (Å²) >= 11 is 0. The standard InChI is InChI=1S/C10H22N4O/c1-3-11-10(15)12-4-5-14-8-6-13(2)7-9-14/h3-9H2,1-2H3,(H2,11,12,15). The average Bonchev–Trinajstić information content (AvgIpc) is 2.21. The van der Waals surface area contributed by atoms with E-state index < -0.39 is 0 Å². The number of likely N-dealkylation sites (N-methyl/N-ethyl adjacent to an activating group) is 1. The van der Waals surface area contributed by atoms with E-state index in [0.29, 0.717) is 6.54 Å². The van der Waals surface area contributed by atoms with E-state index in [2.05, 4.69) is 27.5 Å². The Balaban J connectivity index is 2.02. The second-order valence-corrected chi connectivity index (χ2v) is 3.93. The predicted molar refractivity (Wildman–Crippen MR) is 61.0 cm³/mol. The van der Waals surface area contributed by atoms with E-state index in [4.69, 9.17) is 0 Å². The molecule has 88 valence electrons. The Morgan fingerprint density at radius 2 is 1.87 bits per heavy atom. The van der Waals surface area contributed by atoms with Gasteiger partial charge in [0, 0.05) is 45.8 Å². The zero-order valence-corrected chi connectivity index (χ0v) is 9.75. The SMILES string of the molecule is CCNC(=O)NCCN1CCN(C)CC1. The molecule has 0 aromatic carbocycles. The Bertz CT molecular complexity index is 190. The molecule has 1 aliphatic heterocycles. The fourth-order valence-corrected chi connectivity index (χ4v) is 1.62. The van der Waals surface area contributed by atoms with Gasteiger partial charge in [0.25, 0.3) is 0 Å². The summed E-state index contributed by atoms with van der Waals surface area (Å²) in [4.78, 5) is 15.8. The van der Waals surface area contributed by atoms with Crippen LogP contribution in [0.25, 0.3) is 0 Å². The van der Waals surface area contributed by atoms with Crippen LogP contribution < -0.4 is 10.6 Å². The molecule has 0 unspecified atom stereocenters. The highest BCUT2D eigenvalue weighted by Crippen LogP contribution is 1.97. The normalized spacial score (nSPS) is 18.8. The second kappa shape index (κ2) is 6.63. The first-order valence-electron chi connectivity index (χ1n) is 5.65. The van der Waals surface area contributed by atoms with Crippen molar-refractivity contribution in [2.75, 3.05) is 52.9 Å². The number of amides is 2. The van der Waals surface area contributed by atoms with E-state index >= 15 is 0 Å². The highest BCUT2D eigenvalue weighted by molar-refractivity contribution is 5.73. The average molecular weight is 214 g/mol. The van der Waals surface area contributed by atoms with Gasteiger partial charge in [-0.2, -0.15) is 0 Å². The third-order valence-corrected chi connectivity index (χ3v) is 2.65. The first kappa shape index (κ1) is 12.3. The lowest BCUT2D eigenvalue weighted by Crippen LogP contribution is -2.47. The third-order valence-electron chi connectivity index (χ3n) is 2.65. The summed E-state index contributed by atoms with van der Waals surface area (Å²) in [6, 6.07) is -0.0633. The molecule has 15 heavy (non-hydrogen) atoms. The number of piperazine rings is 1. The van der Waals surface area contributed by atoms with Crippen LogP contribution in [0, 0.1) is 0 Å². The molecule has 1 aliphatic rings. The van der Waals surface area contributed by atoms with Crippen LogP contribution in [0.15, 0.2) is 0 Å². The first-order valence-corrected chi connectivity index (χ1v) is 5.65. The number of rotatable bonds is 4. The molecule has 2 amide bonds. The monoisotopic (exact) mass is 214 g/mol. The first-order chi connectivity index (χ1) is 7.22. The summed E-state index contributed by atoms with van der Waals surface area (Å²) in [7, 11) is 2.14. The minimum Gasteiger partial charge on any atom is -0.338 e. The summed E-state index contributed by atoms with van der Waals surface area (Å²) in [5.74, 6) is 0. The molecule has 0 saturated carbocycles. The largest absolute Gasteiger partial charge is 0.338 e. The van der Waals surface area contributed by atoms with Crippen LogP contribution in [0.1, 0.15) is 6.92 Å². The quantitative estimate of drug-likeness (QED) is 0.666. The third kappa shape index (κ3) is 4.99. The van der Waals surface area contributed by atoms with Gasteiger partial charge in [-0.25, -0.2) is 4.79 Å². The predicted octanol–water partition coefficient (Wildman–Crippen LogP) is -0.447. The van der Waals surface area contributed by atoms with Crippen LogP contribution >= 0.6 is 0 Å². The van der Waals surface area contributed by atoms with Crippen LogP contribution in [-0.2, 0) is 0 Å². The molecule has 1 heterocycles. The fourth-order valence-electron chi connectivity index (χ4n) is 1.62. The number of hydrogen-bond acceptors (Lipinski definition) is 3. The molecule has 2 N–H and O–H groups in total. The lowest BCUT2D eigenvalue weighted by atomic mass is 10.3. The molecule has 1 saturated heterocycles. The van der Waals surface area contributed by atoms with Crippen LogP contribution in [0.2, 0.25) is 0 Å². The van der Waals surface area contributed by atoms with E-state index in [0.717, 1.165) is 39.3 Å². The summed E-state index contributed by atoms with van der Waals surface area (Å²) in [5, 5.41) is 5.55. The highest BCUT2D eigenvalue weighted by Gasteiger charge is 2.12. The number of carbonyl (C=O) groups is 1. The maximum absolute atomic E-state index is 11.1. The molecule has 0 aliphatic carbocycles. The van der Waals surface area contributed by atoms with Crippen LogP contribution in [0.5, 0.6) is 0 Å². The van der Waals surface area contributed by atoms with Gasteiger partial charge < -0.3 is 15.5 Å². The molecule has 0 bridgehead atoms. The molecule has 5 heteroatoms. The summed E-state index contributed by atoms with van der Waals surface area (Å²) in [5.41, 5.74) is 0. The van der Waals surface area contributed by atoms with Gasteiger partial charge in [-0.1, -0.05) is 0 Å². The van der Waals surface area contributed by atoms with Gasteiger partial charge in [0.05, 0.1) is 0 Å². The minimum atomic E-state index is -0.0633. The summed E-state index contributed by atoms with van der Waals surface area (Å²) in [6.45, 7) is 8.74. The van der Waals surface area contributed by atoms with Gasteiger partial charge >= 0.3 is 6.03 Å². The van der Waals surface area contributed by atoms with Gasteiger partial charge in [-0.15, -0.1) is 0 Å². The molecule has 0 radical (unpaired) electrons. The Morgan fingerprint density at radius 1 is 1.20 bits per heavy atom. The molecule has 5 nitrogen and oxygen atoms in total. The number of urea groups is 1. The molecule has 1 rings (SSSR count). The summed E-state index contributed by atoms with van der Waals surface area (Å²) in [6.07, 6.45) is 0. The van der Waals surface area contributed by atoms with Gasteiger partial charge in [0.1, 0.15) is 0 Å². The molecule has 0 aromatic heterocycles. The molecule has 1 fully saturated rings. The Labute approximate surface area is 91.8 Å². The van der Waals surface area contributed by atoms with Crippen molar-refractivity contribution in [1.29, 1.82) is 0 Å². The summed E-state index contributed by atoms with van der Waals surface area (Å²) < 4.78 is 0. The van der Waals surface area contributed by atoms with Crippen molar-refractivity contribution in [3.63, 3.8) is 0 Å². The maximum Gasteiger partial charge on any atom is 0.314 e. The van der Waals surface area contributed by atoms with Gasteiger partial charge in [0.15, 0.2) is 0 Å². The van der Waals surface area contributed by atoms with Gasteiger partial charge in [0.2, 0.25) is 0 Å². The zero-order valence-electron chi connectivity index (χ0n) is 9.75. The van der Waals surface area contributed by atoms with E-state index in [1.165, 1.54) is 0 Å².